The number of aromatic nitrogens is 2. The van der Waals surface area contributed by atoms with E-state index in [1.54, 1.807) is 30.6 Å². The van der Waals surface area contributed by atoms with Crippen molar-refractivity contribution in [2.75, 3.05) is 31.1 Å². The van der Waals surface area contributed by atoms with E-state index in [-0.39, 0.29) is 5.75 Å². The largest absolute Gasteiger partial charge is 0.508 e. The van der Waals surface area contributed by atoms with Crippen molar-refractivity contribution >= 4 is 21.1 Å². The van der Waals surface area contributed by atoms with E-state index in [4.69, 9.17) is 4.74 Å². The molecule has 0 atom stereocenters. The van der Waals surface area contributed by atoms with Gasteiger partial charge in [-0.25, -0.2) is 15.0 Å². The standard InChI is InChI=1S/C20H23N3O2S/c1-26(2,3)10-9-25-14-23-13-16(12-21)19-18(7-8-22-20(19)23)15-5-4-6-17(24)11-15/h4-8,11,13,24H,9-10,14H2,1-3H3. The van der Waals surface area contributed by atoms with Crippen molar-refractivity contribution in [2.45, 2.75) is 6.73 Å². The van der Waals surface area contributed by atoms with Gasteiger partial charge in [0, 0.05) is 23.5 Å². The van der Waals surface area contributed by atoms with Crippen molar-refractivity contribution in [1.29, 1.82) is 5.26 Å². The highest BCUT2D eigenvalue weighted by molar-refractivity contribution is 8.32. The number of rotatable bonds is 6. The van der Waals surface area contributed by atoms with E-state index in [1.807, 2.05) is 16.7 Å². The summed E-state index contributed by atoms with van der Waals surface area (Å²) in [7, 11) is -0.593. The number of aromatic hydroxyl groups is 1. The Bertz CT molecular complexity index is 967. The number of benzene rings is 1. The summed E-state index contributed by atoms with van der Waals surface area (Å²) in [6.45, 7) is 1.05. The zero-order chi connectivity index (χ0) is 18.7. The Balaban J connectivity index is 1.96. The van der Waals surface area contributed by atoms with Gasteiger partial charge in [0.25, 0.3) is 0 Å². The van der Waals surface area contributed by atoms with E-state index in [0.29, 0.717) is 24.5 Å². The summed E-state index contributed by atoms with van der Waals surface area (Å²) in [5.74, 6) is 1.23. The summed E-state index contributed by atoms with van der Waals surface area (Å²) in [6.07, 6.45) is 10.3. The van der Waals surface area contributed by atoms with Crippen LogP contribution in [0.4, 0.5) is 0 Å². The molecule has 0 bridgehead atoms. The topological polar surface area (TPSA) is 71.1 Å². The first-order chi connectivity index (χ1) is 12.4. The van der Waals surface area contributed by atoms with Crippen molar-refractivity contribution in [3.63, 3.8) is 0 Å². The summed E-state index contributed by atoms with van der Waals surface area (Å²) in [6, 6.07) is 11.1. The average Bonchev–Trinajstić information content (AvgIpc) is 2.96. The molecular weight excluding hydrogens is 346 g/mol. The first-order valence-electron chi connectivity index (χ1n) is 8.30. The summed E-state index contributed by atoms with van der Waals surface area (Å²) >= 11 is 0. The van der Waals surface area contributed by atoms with E-state index in [2.05, 4.69) is 29.8 Å². The Morgan fingerprint density at radius 1 is 1.27 bits per heavy atom. The number of ether oxygens (including phenoxy) is 1. The Hall–Kier alpha value is -2.49. The van der Waals surface area contributed by atoms with Gasteiger partial charge in [0.05, 0.1) is 12.2 Å². The molecule has 5 nitrogen and oxygen atoms in total. The number of pyridine rings is 1. The van der Waals surface area contributed by atoms with Crippen LogP contribution in [0.1, 0.15) is 5.56 Å². The summed E-state index contributed by atoms with van der Waals surface area (Å²) in [4.78, 5) is 4.46. The van der Waals surface area contributed by atoms with Gasteiger partial charge < -0.3 is 14.4 Å². The second kappa shape index (κ2) is 7.40. The van der Waals surface area contributed by atoms with Crippen molar-refractivity contribution in [3.05, 3.63) is 48.3 Å². The molecule has 0 saturated carbocycles. The molecule has 136 valence electrons. The molecule has 6 heteroatoms. The smallest absolute Gasteiger partial charge is 0.143 e. The highest BCUT2D eigenvalue weighted by Crippen LogP contribution is 2.34. The molecule has 2 heterocycles. The van der Waals surface area contributed by atoms with E-state index < -0.39 is 10.0 Å². The van der Waals surface area contributed by atoms with Gasteiger partial charge in [-0.2, -0.15) is 5.26 Å². The fourth-order valence-electron chi connectivity index (χ4n) is 2.78. The third-order valence-corrected chi connectivity index (χ3v) is 5.50. The zero-order valence-electron chi connectivity index (χ0n) is 15.3. The minimum absolute atomic E-state index is 0.193. The minimum Gasteiger partial charge on any atom is -0.508 e. The van der Waals surface area contributed by atoms with E-state index in [9.17, 15) is 10.4 Å². The van der Waals surface area contributed by atoms with E-state index in [0.717, 1.165) is 22.3 Å². The van der Waals surface area contributed by atoms with E-state index >= 15 is 0 Å². The van der Waals surface area contributed by atoms with Gasteiger partial charge in [-0.15, -0.1) is 0 Å². The Labute approximate surface area is 155 Å². The first kappa shape index (κ1) is 18.3. The number of hydrogen-bond acceptors (Lipinski definition) is 4. The molecule has 0 aliphatic carbocycles. The van der Waals surface area contributed by atoms with Crippen LogP contribution in [0.2, 0.25) is 0 Å². The Kier molecular flexibility index (Phi) is 5.21. The molecule has 26 heavy (non-hydrogen) atoms. The van der Waals surface area contributed by atoms with E-state index in [1.165, 1.54) is 0 Å². The molecule has 0 aliphatic heterocycles. The monoisotopic (exact) mass is 369 g/mol. The number of hydrogen-bond donors (Lipinski definition) is 1. The predicted octanol–water partition coefficient (Wildman–Crippen LogP) is 3.95. The van der Waals surface area contributed by atoms with Crippen LogP contribution in [-0.4, -0.2) is 45.8 Å². The molecular formula is C20H23N3O2S. The lowest BCUT2D eigenvalue weighted by Gasteiger charge is -2.24. The number of nitrogens with zero attached hydrogens (tertiary/aromatic N) is 3. The maximum Gasteiger partial charge on any atom is 0.143 e. The van der Waals surface area contributed by atoms with Gasteiger partial charge in [0.2, 0.25) is 0 Å². The molecule has 0 unspecified atom stereocenters. The first-order valence-corrected chi connectivity index (χ1v) is 11.3. The normalized spacial score (nSPS) is 12.2. The maximum absolute atomic E-state index is 9.78. The molecule has 3 rings (SSSR count). The van der Waals surface area contributed by atoms with Gasteiger partial charge in [0.1, 0.15) is 24.2 Å². The second-order valence-electron chi connectivity index (χ2n) is 7.06. The third kappa shape index (κ3) is 4.01. The van der Waals surface area contributed by atoms with Crippen LogP contribution < -0.4 is 0 Å². The zero-order valence-corrected chi connectivity index (χ0v) is 16.1. The second-order valence-corrected chi connectivity index (χ2v) is 11.7. The lowest BCUT2D eigenvalue weighted by atomic mass is 10.0. The van der Waals surface area contributed by atoms with Crippen LogP contribution >= 0.6 is 10.0 Å². The van der Waals surface area contributed by atoms with Gasteiger partial charge in [-0.3, -0.25) is 0 Å². The molecule has 0 amide bonds. The van der Waals surface area contributed by atoms with Crippen molar-refractivity contribution < 1.29 is 9.84 Å². The minimum atomic E-state index is -0.593. The molecule has 0 aliphatic rings. The van der Waals surface area contributed by atoms with Gasteiger partial charge in [-0.1, -0.05) is 12.1 Å². The average molecular weight is 369 g/mol. The van der Waals surface area contributed by atoms with Gasteiger partial charge in [-0.05, 0) is 48.1 Å². The molecule has 1 aromatic carbocycles. The van der Waals surface area contributed by atoms with Gasteiger partial charge >= 0.3 is 0 Å². The Morgan fingerprint density at radius 2 is 2.08 bits per heavy atom. The SMILES string of the molecule is CS(C)(C)CCOCn1cc(C#N)c2c(-c3cccc(O)c3)ccnc21. The Morgan fingerprint density at radius 3 is 2.77 bits per heavy atom. The molecule has 3 aromatic rings. The van der Waals surface area contributed by atoms with Crippen LogP contribution in [0.5, 0.6) is 5.75 Å². The van der Waals surface area contributed by atoms with Crippen molar-refractivity contribution in [1.82, 2.24) is 9.55 Å². The highest BCUT2D eigenvalue weighted by Gasteiger charge is 2.15. The molecule has 0 spiro atoms. The fraction of sp³-hybridized carbons (Fsp3) is 0.300. The summed E-state index contributed by atoms with van der Waals surface area (Å²) in [5, 5.41) is 20.1. The van der Waals surface area contributed by atoms with Crippen LogP contribution in [-0.2, 0) is 11.5 Å². The highest BCUT2D eigenvalue weighted by atomic mass is 32.3. The van der Waals surface area contributed by atoms with Crippen LogP contribution in [0.15, 0.2) is 42.7 Å². The summed E-state index contributed by atoms with van der Waals surface area (Å²) < 4.78 is 7.69. The number of phenolic OH excluding ortho intramolecular Hbond substituents is 1. The van der Waals surface area contributed by atoms with Crippen LogP contribution in [0, 0.1) is 11.3 Å². The van der Waals surface area contributed by atoms with Crippen molar-refractivity contribution in [2.24, 2.45) is 0 Å². The predicted molar refractivity (Wildman–Crippen MR) is 108 cm³/mol. The molecule has 1 N–H and O–H groups in total. The number of nitriles is 1. The van der Waals surface area contributed by atoms with Crippen LogP contribution in [0.3, 0.4) is 0 Å². The molecule has 0 radical (unpaired) electrons. The molecule has 0 saturated heterocycles. The number of phenols is 1. The molecule has 0 fully saturated rings. The summed E-state index contributed by atoms with van der Waals surface area (Å²) in [5.41, 5.74) is 2.99. The van der Waals surface area contributed by atoms with Gasteiger partial charge in [0.15, 0.2) is 0 Å². The lowest BCUT2D eigenvalue weighted by molar-refractivity contribution is 0.0923. The third-order valence-electron chi connectivity index (χ3n) is 4.11. The maximum atomic E-state index is 9.78. The quantitative estimate of drug-likeness (QED) is 0.668. The fourth-order valence-corrected chi connectivity index (χ4v) is 3.40. The number of fused-ring (bicyclic) bond motifs is 1. The van der Waals surface area contributed by atoms with Crippen LogP contribution in [0.25, 0.3) is 22.2 Å². The molecule has 2 aromatic heterocycles. The van der Waals surface area contributed by atoms with Crippen molar-refractivity contribution in [3.8, 4) is 22.9 Å². The lowest BCUT2D eigenvalue weighted by Crippen LogP contribution is -2.09.